The normalized spacial score (nSPS) is 13.3. The van der Waals surface area contributed by atoms with Gasteiger partial charge in [-0.25, -0.2) is 4.98 Å². The Kier molecular flexibility index (Phi) is 5.72. The third kappa shape index (κ3) is 3.88. The predicted molar refractivity (Wildman–Crippen MR) is 103 cm³/mol. The fourth-order valence-corrected chi connectivity index (χ4v) is 3.78. The highest BCUT2D eigenvalue weighted by Crippen LogP contribution is 2.40. The highest BCUT2D eigenvalue weighted by Gasteiger charge is 2.20. The summed E-state index contributed by atoms with van der Waals surface area (Å²) >= 11 is 1.81. The number of aromatic amines is 1. The van der Waals surface area contributed by atoms with Gasteiger partial charge in [-0.15, -0.1) is 11.8 Å². The lowest BCUT2D eigenvalue weighted by molar-refractivity contribution is 0.869. The van der Waals surface area contributed by atoms with Crippen LogP contribution in [0.3, 0.4) is 0 Å². The number of anilines is 1. The maximum absolute atomic E-state index is 6.34. The van der Waals surface area contributed by atoms with E-state index in [-0.39, 0.29) is 5.92 Å². The molecule has 0 bridgehead atoms. The molecule has 0 saturated heterocycles. The van der Waals surface area contributed by atoms with Crippen molar-refractivity contribution in [2.45, 2.75) is 38.9 Å². The van der Waals surface area contributed by atoms with Gasteiger partial charge in [0, 0.05) is 33.0 Å². The van der Waals surface area contributed by atoms with Crippen molar-refractivity contribution >= 4 is 22.4 Å². The lowest BCUT2D eigenvalue weighted by Gasteiger charge is -2.21. The van der Waals surface area contributed by atoms with Crippen LogP contribution in [-0.2, 0) is 0 Å². The van der Waals surface area contributed by atoms with Crippen molar-refractivity contribution in [3.63, 3.8) is 0 Å². The van der Waals surface area contributed by atoms with Gasteiger partial charge in [-0.1, -0.05) is 45.6 Å². The van der Waals surface area contributed by atoms with Crippen molar-refractivity contribution in [1.29, 1.82) is 0 Å². The number of rotatable bonds is 6. The van der Waals surface area contributed by atoms with Gasteiger partial charge in [-0.05, 0) is 24.6 Å². The summed E-state index contributed by atoms with van der Waals surface area (Å²) in [5.74, 6) is 0.192. The molecule has 0 spiro atoms. The van der Waals surface area contributed by atoms with Gasteiger partial charge in [-0.3, -0.25) is 0 Å². The molecule has 0 saturated carbocycles. The van der Waals surface area contributed by atoms with Crippen LogP contribution in [0.2, 0.25) is 0 Å². The first-order valence-corrected chi connectivity index (χ1v) is 8.71. The van der Waals surface area contributed by atoms with Crippen LogP contribution in [0.15, 0.2) is 43.3 Å². The standard InChI is InChI=1S/C19H25N3S/c1-6-8-17(23-12(2)3)18-15(9-7-10-16(18)20)13(4)19-14(5)21-11-22-19/h6-13H,1,20H2,2-5H3,(H,21,22)/b17-8+. The van der Waals surface area contributed by atoms with Crippen molar-refractivity contribution in [2.75, 3.05) is 5.73 Å². The molecule has 3 N–H and O–H groups in total. The number of thioether (sulfide) groups is 1. The zero-order chi connectivity index (χ0) is 17.0. The first-order valence-electron chi connectivity index (χ1n) is 7.83. The molecule has 1 heterocycles. The molecular weight excluding hydrogens is 302 g/mol. The topological polar surface area (TPSA) is 54.7 Å². The van der Waals surface area contributed by atoms with E-state index in [4.69, 9.17) is 5.73 Å². The molecule has 1 aromatic heterocycles. The summed E-state index contributed by atoms with van der Waals surface area (Å²) in [6.45, 7) is 12.4. The van der Waals surface area contributed by atoms with E-state index in [9.17, 15) is 0 Å². The van der Waals surface area contributed by atoms with Crippen LogP contribution in [0.4, 0.5) is 5.69 Å². The maximum atomic E-state index is 6.34. The van der Waals surface area contributed by atoms with Crippen LogP contribution in [0.1, 0.15) is 49.2 Å². The summed E-state index contributed by atoms with van der Waals surface area (Å²) < 4.78 is 0. The average Bonchev–Trinajstić information content (AvgIpc) is 2.91. The second kappa shape index (κ2) is 7.55. The fourth-order valence-electron chi connectivity index (χ4n) is 2.74. The number of nitrogens with zero attached hydrogens (tertiary/aromatic N) is 1. The predicted octanol–water partition coefficient (Wildman–Crippen LogP) is 5.12. The first kappa shape index (κ1) is 17.4. The number of allylic oxidation sites excluding steroid dienone is 2. The van der Waals surface area contributed by atoms with Crippen LogP contribution in [0.5, 0.6) is 0 Å². The van der Waals surface area contributed by atoms with Gasteiger partial charge in [0.2, 0.25) is 0 Å². The van der Waals surface area contributed by atoms with E-state index >= 15 is 0 Å². The van der Waals surface area contributed by atoms with Crippen molar-refractivity contribution < 1.29 is 0 Å². The first-order chi connectivity index (χ1) is 11.0. The van der Waals surface area contributed by atoms with Crippen LogP contribution < -0.4 is 5.73 Å². The van der Waals surface area contributed by atoms with E-state index in [1.165, 1.54) is 5.56 Å². The second-order valence-corrected chi connectivity index (χ2v) is 7.49. The van der Waals surface area contributed by atoms with Gasteiger partial charge in [0.05, 0.1) is 12.0 Å². The summed E-state index contributed by atoms with van der Waals surface area (Å²) in [5, 5.41) is 0.470. The van der Waals surface area contributed by atoms with E-state index in [2.05, 4.69) is 43.4 Å². The van der Waals surface area contributed by atoms with Crippen molar-refractivity contribution in [1.82, 2.24) is 9.97 Å². The molecule has 2 rings (SSSR count). The summed E-state index contributed by atoms with van der Waals surface area (Å²) in [6.07, 6.45) is 5.62. The molecule has 1 aromatic carbocycles. The molecule has 0 aliphatic heterocycles. The number of nitrogens with one attached hydrogen (secondary N) is 1. The highest BCUT2D eigenvalue weighted by atomic mass is 32.2. The van der Waals surface area contributed by atoms with Gasteiger partial charge in [0.1, 0.15) is 0 Å². The molecule has 0 aliphatic carbocycles. The van der Waals surface area contributed by atoms with Crippen LogP contribution >= 0.6 is 11.8 Å². The minimum absolute atomic E-state index is 0.192. The Balaban J connectivity index is 2.57. The van der Waals surface area contributed by atoms with Gasteiger partial charge in [0.25, 0.3) is 0 Å². The van der Waals surface area contributed by atoms with Gasteiger partial charge in [-0.2, -0.15) is 0 Å². The van der Waals surface area contributed by atoms with Gasteiger partial charge < -0.3 is 10.7 Å². The molecule has 4 heteroatoms. The van der Waals surface area contributed by atoms with Crippen molar-refractivity contribution in [3.05, 3.63) is 65.8 Å². The summed E-state index contributed by atoms with van der Waals surface area (Å²) in [6, 6.07) is 6.12. The number of benzene rings is 1. The Bertz CT molecular complexity index is 713. The second-order valence-electron chi connectivity index (χ2n) is 5.87. The number of imidazole rings is 1. The third-order valence-corrected chi connectivity index (χ3v) is 4.84. The molecule has 2 aromatic rings. The average molecular weight is 327 g/mol. The quantitative estimate of drug-likeness (QED) is 0.572. The van der Waals surface area contributed by atoms with E-state index < -0.39 is 0 Å². The number of hydrogen-bond donors (Lipinski definition) is 2. The van der Waals surface area contributed by atoms with Gasteiger partial charge in [0.15, 0.2) is 0 Å². The molecule has 23 heavy (non-hydrogen) atoms. The largest absolute Gasteiger partial charge is 0.398 e. The molecule has 3 nitrogen and oxygen atoms in total. The summed E-state index contributed by atoms with van der Waals surface area (Å²) in [7, 11) is 0. The highest BCUT2D eigenvalue weighted by molar-refractivity contribution is 8.08. The van der Waals surface area contributed by atoms with Crippen LogP contribution in [0, 0.1) is 6.92 Å². The van der Waals surface area contributed by atoms with E-state index in [1.807, 2.05) is 43.0 Å². The third-order valence-electron chi connectivity index (χ3n) is 3.77. The van der Waals surface area contributed by atoms with E-state index in [0.717, 1.165) is 27.5 Å². The van der Waals surface area contributed by atoms with Crippen LogP contribution in [0.25, 0.3) is 4.91 Å². The molecule has 0 aliphatic rings. The minimum atomic E-state index is 0.192. The Hall–Kier alpha value is -1.94. The minimum Gasteiger partial charge on any atom is -0.398 e. The number of aryl methyl sites for hydroxylation is 1. The Morgan fingerprint density at radius 1 is 1.35 bits per heavy atom. The Morgan fingerprint density at radius 3 is 2.65 bits per heavy atom. The Morgan fingerprint density at radius 2 is 2.09 bits per heavy atom. The summed E-state index contributed by atoms with van der Waals surface area (Å²) in [4.78, 5) is 8.75. The van der Waals surface area contributed by atoms with Crippen molar-refractivity contribution in [2.24, 2.45) is 0 Å². The van der Waals surface area contributed by atoms with Crippen LogP contribution in [-0.4, -0.2) is 15.2 Å². The van der Waals surface area contributed by atoms with Gasteiger partial charge >= 0.3 is 0 Å². The zero-order valence-corrected chi connectivity index (χ0v) is 15.1. The monoisotopic (exact) mass is 327 g/mol. The smallest absolute Gasteiger partial charge is 0.0925 e. The molecular formula is C19H25N3S. The molecule has 0 fully saturated rings. The van der Waals surface area contributed by atoms with Crippen molar-refractivity contribution in [3.8, 4) is 0 Å². The molecule has 1 unspecified atom stereocenters. The molecule has 0 radical (unpaired) electrons. The van der Waals surface area contributed by atoms with E-state index in [0.29, 0.717) is 5.25 Å². The van der Waals surface area contributed by atoms with E-state index in [1.54, 1.807) is 6.33 Å². The molecule has 1 atom stereocenters. The lowest BCUT2D eigenvalue weighted by Crippen LogP contribution is -2.06. The number of nitrogens with two attached hydrogens (primary N) is 1. The number of H-pyrrole nitrogens is 1. The molecule has 0 amide bonds. The molecule has 122 valence electrons. The lowest BCUT2D eigenvalue weighted by atomic mass is 9.91. The zero-order valence-electron chi connectivity index (χ0n) is 14.3. The Labute approximate surface area is 143 Å². The maximum Gasteiger partial charge on any atom is 0.0925 e. The number of nitrogen functional groups attached to an aromatic ring is 1. The summed E-state index contributed by atoms with van der Waals surface area (Å²) in [5.41, 5.74) is 11.6. The number of hydrogen-bond acceptors (Lipinski definition) is 3. The SMILES string of the molecule is C=C/C=C(/SC(C)C)c1c(N)cccc1C(C)c1[nH]cnc1C. The fraction of sp³-hybridized carbons (Fsp3) is 0.316. The number of aromatic nitrogens is 2.